The molecule has 0 fully saturated rings. The molecule has 1 N–H and O–H groups in total. The van der Waals surface area contributed by atoms with Gasteiger partial charge in [0.15, 0.2) is 0 Å². The molecule has 43 valence electrons. The first-order chi connectivity index (χ1) is 1.00. The van der Waals surface area contributed by atoms with Gasteiger partial charge in [0.25, 0.3) is 0 Å². The van der Waals surface area contributed by atoms with Crippen LogP contribution in [-0.2, 0) is 19.5 Å². The van der Waals surface area contributed by atoms with E-state index in [9.17, 15) is 0 Å². The minimum absolute atomic E-state index is 0. The number of hydrogen-bond donors (Lipinski definition) is 1. The Hall–Kier alpha value is 1.74. The summed E-state index contributed by atoms with van der Waals surface area (Å²) in [5.74, 6) is 0. The van der Waals surface area contributed by atoms with Crippen molar-refractivity contribution in [2.45, 2.75) is 0 Å². The van der Waals surface area contributed by atoms with Crippen molar-refractivity contribution >= 4 is 11.9 Å². The first-order valence-electron chi connectivity index (χ1n) is 0.169. The van der Waals surface area contributed by atoms with Crippen LogP contribution in [0.15, 0.2) is 0 Å². The van der Waals surface area contributed by atoms with Crippen LogP contribution < -0.4 is 37.2 Å². The van der Waals surface area contributed by atoms with Crippen LogP contribution in [-0.4, -0.2) is 4.66 Å². The molecule has 1 radical (unpaired) electrons. The summed E-state index contributed by atoms with van der Waals surface area (Å²) >= 11 is 3.64. The molecule has 0 unspecified atom stereocenters. The maximum Gasteiger partial charge on any atom is 3.00 e. The fourth-order valence-electron chi connectivity index (χ4n) is 0. The van der Waals surface area contributed by atoms with E-state index in [1.807, 2.05) is 0 Å². The molecule has 0 aromatic carbocycles. The van der Waals surface area contributed by atoms with Gasteiger partial charge in [0.1, 0.15) is 0 Å². The molecule has 0 amide bonds. The van der Waals surface area contributed by atoms with E-state index >= 15 is 0 Å². The van der Waals surface area contributed by atoms with E-state index in [4.69, 9.17) is 4.66 Å². The summed E-state index contributed by atoms with van der Waals surface area (Å²) < 4.78 is 6.47. The molecule has 0 aliphatic heterocycles. The third kappa shape index (κ3) is 42.5. The van der Waals surface area contributed by atoms with Gasteiger partial charge in [-0.25, -0.2) is 0 Å². The Morgan fingerprint density at radius 2 is 0.833 bits per heavy atom. The van der Waals surface area contributed by atoms with E-state index < -0.39 is 0 Å². The maximum atomic E-state index is 6.47. The van der Waals surface area contributed by atoms with Crippen LogP contribution in [0.1, 0.15) is 0 Å². The van der Waals surface area contributed by atoms with E-state index in [2.05, 4.69) is 11.9 Å². The summed E-state index contributed by atoms with van der Waals surface area (Å²) in [5.41, 5.74) is 0. The number of hydrogen-bond acceptors (Lipinski definition) is 1. The molecule has 0 atom stereocenters. The molecular formula is HCl4ORu. The largest absolute Gasteiger partial charge is 3.00 e. The smallest absolute Gasteiger partial charge is 1.00 e. The normalized spacial score (nSPS) is 1.00. The summed E-state index contributed by atoms with van der Waals surface area (Å²) in [6.45, 7) is 0. The van der Waals surface area contributed by atoms with Gasteiger partial charge in [-0.2, -0.15) is 0 Å². The molecule has 0 aromatic rings. The minimum Gasteiger partial charge on any atom is -1.00 e. The Balaban J connectivity index is -0.000000000833. The Kier molecular flexibility index (Phi) is 571. The Morgan fingerprint density at radius 1 is 0.833 bits per heavy atom. The molecule has 0 spiro atoms. The Labute approximate surface area is 73.0 Å². The second-order valence-corrected chi connectivity index (χ2v) is 0. The predicted octanol–water partition coefficient (Wildman–Crippen LogP) is -8.86. The van der Waals surface area contributed by atoms with Crippen LogP contribution in [0.5, 0.6) is 0 Å². The summed E-state index contributed by atoms with van der Waals surface area (Å²) in [5, 5.41) is 0. The van der Waals surface area contributed by atoms with Crippen molar-refractivity contribution in [2.75, 3.05) is 0 Å². The molecular weight excluding hydrogens is 259 g/mol. The molecule has 6 heteroatoms. The summed E-state index contributed by atoms with van der Waals surface area (Å²) in [7, 11) is 0. The summed E-state index contributed by atoms with van der Waals surface area (Å²) in [6.07, 6.45) is 0. The molecule has 0 aliphatic rings. The van der Waals surface area contributed by atoms with Crippen LogP contribution in [0.4, 0.5) is 0 Å². The van der Waals surface area contributed by atoms with Gasteiger partial charge in [0.2, 0.25) is 0 Å². The van der Waals surface area contributed by atoms with Crippen molar-refractivity contribution in [3.8, 4) is 0 Å². The minimum atomic E-state index is 0. The number of rotatable bonds is 0. The number of halogens is 4. The van der Waals surface area contributed by atoms with Gasteiger partial charge in [-0.3, -0.25) is 4.66 Å². The van der Waals surface area contributed by atoms with Gasteiger partial charge >= 0.3 is 19.5 Å². The summed E-state index contributed by atoms with van der Waals surface area (Å²) in [4.78, 5) is 0. The van der Waals surface area contributed by atoms with E-state index in [0.29, 0.717) is 0 Å². The van der Waals surface area contributed by atoms with Crippen molar-refractivity contribution in [1.82, 2.24) is 0 Å². The molecule has 0 aliphatic carbocycles. The van der Waals surface area contributed by atoms with Gasteiger partial charge in [0, 0.05) is 0 Å². The van der Waals surface area contributed by atoms with E-state index in [-0.39, 0.29) is 56.7 Å². The van der Waals surface area contributed by atoms with E-state index in [1.54, 1.807) is 0 Å². The van der Waals surface area contributed by atoms with Gasteiger partial charge in [-0.05, 0) is 0 Å². The summed E-state index contributed by atoms with van der Waals surface area (Å²) in [6, 6.07) is 0. The maximum absolute atomic E-state index is 6.47. The van der Waals surface area contributed by atoms with Crippen LogP contribution in [0.3, 0.4) is 0 Å². The Morgan fingerprint density at radius 3 is 0.833 bits per heavy atom. The molecule has 0 aromatic heterocycles. The van der Waals surface area contributed by atoms with Gasteiger partial charge in [-0.15, -0.1) is 0 Å². The predicted molar refractivity (Wildman–Crippen MR) is 8.07 cm³/mol. The average molecular weight is 260 g/mol. The molecule has 1 nitrogen and oxygen atoms in total. The first-order valence-corrected chi connectivity index (χ1v) is 0.507. The van der Waals surface area contributed by atoms with Crippen molar-refractivity contribution in [3.05, 3.63) is 0 Å². The molecule has 0 bridgehead atoms. The second kappa shape index (κ2) is 73.2. The SMILES string of the molecule is OCl.[Cl-].[Cl-].[Cl-].[Ru+3]. The topological polar surface area (TPSA) is 20.2 Å². The standard InChI is InChI=1S/ClHO.3ClH.Ru/c1-2;;;;/h2H;3*1H;/q;;;;+3/p-3. The van der Waals surface area contributed by atoms with Gasteiger partial charge in [0.05, 0.1) is 11.9 Å². The van der Waals surface area contributed by atoms with E-state index in [0.717, 1.165) is 0 Å². The third-order valence-electron chi connectivity index (χ3n) is 0. The van der Waals surface area contributed by atoms with Crippen LogP contribution >= 0.6 is 11.9 Å². The van der Waals surface area contributed by atoms with Crippen LogP contribution in [0.2, 0.25) is 0 Å². The molecule has 0 rings (SSSR count). The van der Waals surface area contributed by atoms with Crippen molar-refractivity contribution in [3.63, 3.8) is 0 Å². The molecule has 6 heavy (non-hydrogen) atoms. The zero-order valence-corrected chi connectivity index (χ0v) is 7.07. The first kappa shape index (κ1) is 46.8. The molecule has 0 heterocycles. The fourth-order valence-corrected chi connectivity index (χ4v) is 0. The van der Waals surface area contributed by atoms with Gasteiger partial charge in [-0.1, -0.05) is 0 Å². The molecule has 0 saturated carbocycles. The third-order valence-corrected chi connectivity index (χ3v) is 0. The second-order valence-electron chi connectivity index (χ2n) is 0. The van der Waals surface area contributed by atoms with Crippen LogP contribution in [0, 0.1) is 0 Å². The van der Waals surface area contributed by atoms with Crippen molar-refractivity contribution in [2.24, 2.45) is 0 Å². The van der Waals surface area contributed by atoms with Crippen LogP contribution in [0.25, 0.3) is 0 Å². The molecule has 0 saturated heterocycles. The van der Waals surface area contributed by atoms with Crippen molar-refractivity contribution < 1.29 is 61.4 Å². The zero-order valence-electron chi connectivity index (χ0n) is 2.31. The van der Waals surface area contributed by atoms with Gasteiger partial charge < -0.3 is 37.2 Å². The monoisotopic (exact) mass is 259 g/mol. The van der Waals surface area contributed by atoms with Crippen molar-refractivity contribution in [1.29, 1.82) is 0 Å². The fraction of sp³-hybridized carbons (Fsp3) is 0. The quantitative estimate of drug-likeness (QED) is 0.429. The van der Waals surface area contributed by atoms with E-state index in [1.165, 1.54) is 0 Å². The zero-order chi connectivity index (χ0) is 2.00. The Bertz CT molecular complexity index is 7.51. The average Bonchev–Trinajstić information content (AvgIpc) is 1.00.